The van der Waals surface area contributed by atoms with Crippen LogP contribution in [-0.4, -0.2) is 60.1 Å². The van der Waals surface area contributed by atoms with Gasteiger partial charge < -0.3 is 19.3 Å². The standard InChI is InChI=1S/C22H26ClN3O4/c1-4-29-20(27)16-5-10-19(24-15-16)25-11-13-26(14-12-25)21(28)22(2,3)30-18-8-6-17(23)7-9-18/h5-10,15H,4,11-14H2,1-3H3. The lowest BCUT2D eigenvalue weighted by molar-refractivity contribution is -0.145. The van der Waals surface area contributed by atoms with Gasteiger partial charge in [0.25, 0.3) is 5.91 Å². The van der Waals surface area contributed by atoms with Crippen LogP contribution in [0.5, 0.6) is 5.75 Å². The van der Waals surface area contributed by atoms with Crippen molar-refractivity contribution in [2.24, 2.45) is 0 Å². The molecule has 0 aliphatic carbocycles. The fourth-order valence-corrected chi connectivity index (χ4v) is 3.39. The number of anilines is 1. The number of hydrogen-bond donors (Lipinski definition) is 0. The van der Waals surface area contributed by atoms with E-state index in [1.54, 1.807) is 62.1 Å². The summed E-state index contributed by atoms with van der Waals surface area (Å²) in [5.74, 6) is 0.923. The van der Waals surface area contributed by atoms with Crippen molar-refractivity contribution in [2.75, 3.05) is 37.7 Å². The second kappa shape index (κ2) is 9.34. The van der Waals surface area contributed by atoms with E-state index in [4.69, 9.17) is 21.1 Å². The number of pyridine rings is 1. The molecule has 160 valence electrons. The minimum Gasteiger partial charge on any atom is -0.478 e. The average Bonchev–Trinajstić information content (AvgIpc) is 2.75. The number of piperazine rings is 1. The quantitative estimate of drug-likeness (QED) is 0.652. The Balaban J connectivity index is 1.57. The molecule has 1 amide bonds. The van der Waals surface area contributed by atoms with Gasteiger partial charge in [-0.05, 0) is 57.2 Å². The summed E-state index contributed by atoms with van der Waals surface area (Å²) in [6.07, 6.45) is 1.52. The van der Waals surface area contributed by atoms with Gasteiger partial charge in [0.15, 0.2) is 5.60 Å². The molecule has 0 saturated carbocycles. The van der Waals surface area contributed by atoms with E-state index in [1.165, 1.54) is 6.20 Å². The average molecular weight is 432 g/mol. The molecule has 1 aromatic heterocycles. The molecule has 0 radical (unpaired) electrons. The van der Waals surface area contributed by atoms with E-state index in [-0.39, 0.29) is 11.9 Å². The van der Waals surface area contributed by atoms with Gasteiger partial charge in [-0.2, -0.15) is 0 Å². The van der Waals surface area contributed by atoms with E-state index < -0.39 is 5.60 Å². The first-order chi connectivity index (χ1) is 14.3. The highest BCUT2D eigenvalue weighted by Crippen LogP contribution is 2.23. The molecule has 8 heteroatoms. The highest BCUT2D eigenvalue weighted by Gasteiger charge is 2.35. The number of hydrogen-bond acceptors (Lipinski definition) is 6. The smallest absolute Gasteiger partial charge is 0.339 e. The second-order valence-electron chi connectivity index (χ2n) is 7.47. The number of nitrogens with zero attached hydrogens (tertiary/aromatic N) is 3. The number of carbonyl (C=O) groups is 2. The summed E-state index contributed by atoms with van der Waals surface area (Å²) in [4.78, 5) is 33.0. The molecule has 1 aliphatic heterocycles. The molecule has 1 aliphatic rings. The van der Waals surface area contributed by atoms with Crippen molar-refractivity contribution in [3.05, 3.63) is 53.2 Å². The molecule has 0 spiro atoms. The zero-order valence-corrected chi connectivity index (χ0v) is 18.2. The summed E-state index contributed by atoms with van der Waals surface area (Å²) in [5.41, 5.74) is -0.564. The van der Waals surface area contributed by atoms with Crippen LogP contribution >= 0.6 is 11.6 Å². The highest BCUT2D eigenvalue weighted by molar-refractivity contribution is 6.30. The minimum absolute atomic E-state index is 0.0669. The number of amides is 1. The van der Waals surface area contributed by atoms with Gasteiger partial charge in [-0.25, -0.2) is 9.78 Å². The molecule has 1 saturated heterocycles. The molecule has 30 heavy (non-hydrogen) atoms. The van der Waals surface area contributed by atoms with Crippen LogP contribution in [0.1, 0.15) is 31.1 Å². The van der Waals surface area contributed by atoms with Gasteiger partial charge in [0, 0.05) is 37.4 Å². The molecule has 0 bridgehead atoms. The summed E-state index contributed by atoms with van der Waals surface area (Å²) in [5, 5.41) is 0.617. The van der Waals surface area contributed by atoms with Crippen LogP contribution in [0.25, 0.3) is 0 Å². The molecule has 7 nitrogen and oxygen atoms in total. The van der Waals surface area contributed by atoms with E-state index in [2.05, 4.69) is 9.88 Å². The zero-order valence-electron chi connectivity index (χ0n) is 17.4. The Labute approximate surface area is 181 Å². The largest absolute Gasteiger partial charge is 0.478 e. The van der Waals surface area contributed by atoms with E-state index in [1.807, 2.05) is 0 Å². The van der Waals surface area contributed by atoms with Gasteiger partial charge in [0.2, 0.25) is 0 Å². The first-order valence-corrected chi connectivity index (χ1v) is 10.3. The topological polar surface area (TPSA) is 72.0 Å². The number of ether oxygens (including phenoxy) is 2. The molecule has 2 aromatic rings. The van der Waals surface area contributed by atoms with Crippen molar-refractivity contribution in [3.8, 4) is 5.75 Å². The Morgan fingerprint density at radius 3 is 2.30 bits per heavy atom. The van der Waals surface area contributed by atoms with Crippen LogP contribution in [-0.2, 0) is 9.53 Å². The van der Waals surface area contributed by atoms with Crippen molar-refractivity contribution < 1.29 is 19.1 Å². The number of esters is 1. The predicted molar refractivity (Wildman–Crippen MR) is 115 cm³/mol. The molecule has 0 atom stereocenters. The zero-order chi connectivity index (χ0) is 21.7. The predicted octanol–water partition coefficient (Wildman–Crippen LogP) is 3.42. The molecule has 1 fully saturated rings. The summed E-state index contributed by atoms with van der Waals surface area (Å²) in [7, 11) is 0. The lowest BCUT2D eigenvalue weighted by Gasteiger charge is -2.39. The van der Waals surface area contributed by atoms with Crippen molar-refractivity contribution in [1.82, 2.24) is 9.88 Å². The molecular weight excluding hydrogens is 406 g/mol. The number of rotatable bonds is 6. The monoisotopic (exact) mass is 431 g/mol. The Morgan fingerprint density at radius 2 is 1.73 bits per heavy atom. The van der Waals surface area contributed by atoms with E-state index >= 15 is 0 Å². The molecule has 0 unspecified atom stereocenters. The third kappa shape index (κ3) is 5.21. The van der Waals surface area contributed by atoms with Gasteiger partial charge in [0.1, 0.15) is 11.6 Å². The van der Waals surface area contributed by atoms with Crippen LogP contribution in [0.2, 0.25) is 5.02 Å². The minimum atomic E-state index is -0.991. The highest BCUT2D eigenvalue weighted by atomic mass is 35.5. The first-order valence-electron chi connectivity index (χ1n) is 9.92. The molecule has 2 heterocycles. The maximum atomic E-state index is 13.0. The van der Waals surface area contributed by atoms with E-state index in [0.29, 0.717) is 49.1 Å². The lowest BCUT2D eigenvalue weighted by Crippen LogP contribution is -2.56. The Bertz CT molecular complexity index is 876. The van der Waals surface area contributed by atoms with Crippen molar-refractivity contribution >= 4 is 29.3 Å². The van der Waals surface area contributed by atoms with E-state index in [9.17, 15) is 9.59 Å². The number of halogens is 1. The van der Waals surface area contributed by atoms with Gasteiger partial charge >= 0.3 is 5.97 Å². The summed E-state index contributed by atoms with van der Waals surface area (Å²) < 4.78 is 10.9. The Morgan fingerprint density at radius 1 is 1.07 bits per heavy atom. The fourth-order valence-electron chi connectivity index (χ4n) is 3.27. The maximum Gasteiger partial charge on any atom is 0.339 e. The number of benzene rings is 1. The van der Waals surface area contributed by atoms with Gasteiger partial charge in [-0.3, -0.25) is 4.79 Å². The molecule has 0 N–H and O–H groups in total. The Kier molecular flexibility index (Phi) is 6.82. The van der Waals surface area contributed by atoms with Gasteiger partial charge in [0.05, 0.1) is 12.2 Å². The fraction of sp³-hybridized carbons (Fsp3) is 0.409. The summed E-state index contributed by atoms with van der Waals surface area (Å²) >= 11 is 5.91. The van der Waals surface area contributed by atoms with Crippen LogP contribution in [0.3, 0.4) is 0 Å². The second-order valence-corrected chi connectivity index (χ2v) is 7.91. The third-order valence-electron chi connectivity index (χ3n) is 4.85. The lowest BCUT2D eigenvalue weighted by atomic mass is 10.1. The summed E-state index contributed by atoms with van der Waals surface area (Å²) in [6.45, 7) is 8.05. The molecular formula is C22H26ClN3O4. The van der Waals surface area contributed by atoms with Crippen LogP contribution < -0.4 is 9.64 Å². The van der Waals surface area contributed by atoms with Crippen molar-refractivity contribution in [1.29, 1.82) is 0 Å². The molecule has 1 aromatic carbocycles. The van der Waals surface area contributed by atoms with Crippen LogP contribution in [0.4, 0.5) is 5.82 Å². The van der Waals surface area contributed by atoms with Crippen LogP contribution in [0, 0.1) is 0 Å². The van der Waals surface area contributed by atoms with Crippen molar-refractivity contribution in [2.45, 2.75) is 26.4 Å². The van der Waals surface area contributed by atoms with Gasteiger partial charge in [-0.15, -0.1) is 0 Å². The normalized spacial score (nSPS) is 14.4. The molecule has 3 rings (SSSR count). The number of carbonyl (C=O) groups excluding carboxylic acids is 2. The first kappa shape index (κ1) is 21.9. The van der Waals surface area contributed by atoms with Crippen LogP contribution in [0.15, 0.2) is 42.6 Å². The van der Waals surface area contributed by atoms with E-state index in [0.717, 1.165) is 5.82 Å². The summed E-state index contributed by atoms with van der Waals surface area (Å²) in [6, 6.07) is 10.5. The maximum absolute atomic E-state index is 13.0. The number of aromatic nitrogens is 1. The van der Waals surface area contributed by atoms with Gasteiger partial charge in [-0.1, -0.05) is 11.6 Å². The SMILES string of the molecule is CCOC(=O)c1ccc(N2CCN(C(=O)C(C)(C)Oc3ccc(Cl)cc3)CC2)nc1. The third-order valence-corrected chi connectivity index (χ3v) is 5.10. The Hall–Kier alpha value is -2.80. The van der Waals surface area contributed by atoms with Crippen molar-refractivity contribution in [3.63, 3.8) is 0 Å².